The molecule has 0 atom stereocenters. The van der Waals surface area contributed by atoms with Gasteiger partial charge in [-0.25, -0.2) is 0 Å². The van der Waals surface area contributed by atoms with Crippen molar-refractivity contribution in [1.29, 1.82) is 0 Å². The van der Waals surface area contributed by atoms with E-state index in [1.165, 1.54) is 122 Å². The van der Waals surface area contributed by atoms with E-state index < -0.39 is 5.66 Å². The minimum Gasteiger partial charge on any atom is -0.313 e. The van der Waals surface area contributed by atoms with Crippen LogP contribution in [0.2, 0.25) is 0 Å². The first-order valence-corrected chi connectivity index (χ1v) is 12.2. The minimum absolute atomic E-state index is 0.415. The standard InChI is InChI=1S/C24H52N2/c1-3-5-7-9-11-13-15-17-19-21-23-24(25,26)22-20-18-16-14-12-10-8-6-4-2/h3-23,25-26H2,1-2H3. The quantitative estimate of drug-likeness (QED) is 0.160. The number of rotatable bonds is 21. The first kappa shape index (κ1) is 25.9. The summed E-state index contributed by atoms with van der Waals surface area (Å²) < 4.78 is 0. The number of hydrogen-bond donors (Lipinski definition) is 2. The van der Waals surface area contributed by atoms with Gasteiger partial charge in [0.05, 0.1) is 5.66 Å². The Bertz CT molecular complexity index is 263. The molecular weight excluding hydrogens is 316 g/mol. The van der Waals surface area contributed by atoms with E-state index in [1.54, 1.807) is 0 Å². The molecule has 0 saturated heterocycles. The van der Waals surface area contributed by atoms with Crippen LogP contribution >= 0.6 is 0 Å². The van der Waals surface area contributed by atoms with E-state index in [-0.39, 0.29) is 0 Å². The maximum absolute atomic E-state index is 6.30. The van der Waals surface area contributed by atoms with Crippen LogP contribution in [0.3, 0.4) is 0 Å². The van der Waals surface area contributed by atoms with Gasteiger partial charge in [0, 0.05) is 0 Å². The van der Waals surface area contributed by atoms with Crippen LogP contribution in [0.1, 0.15) is 149 Å². The molecule has 0 aliphatic carbocycles. The van der Waals surface area contributed by atoms with Crippen molar-refractivity contribution in [2.75, 3.05) is 0 Å². The maximum atomic E-state index is 6.30. The van der Waals surface area contributed by atoms with Gasteiger partial charge in [0.2, 0.25) is 0 Å². The van der Waals surface area contributed by atoms with Crippen molar-refractivity contribution in [2.24, 2.45) is 11.5 Å². The molecule has 2 heteroatoms. The fourth-order valence-corrected chi connectivity index (χ4v) is 3.83. The molecule has 0 aromatic carbocycles. The predicted octanol–water partition coefficient (Wildman–Crippen LogP) is 7.83. The molecule has 0 rings (SSSR count). The Morgan fingerprint density at radius 2 is 0.615 bits per heavy atom. The van der Waals surface area contributed by atoms with Crippen LogP contribution in [-0.2, 0) is 0 Å². The Hall–Kier alpha value is -0.0800. The monoisotopic (exact) mass is 368 g/mol. The van der Waals surface area contributed by atoms with Crippen molar-refractivity contribution in [3.8, 4) is 0 Å². The number of hydrogen-bond acceptors (Lipinski definition) is 2. The Morgan fingerprint density at radius 3 is 0.885 bits per heavy atom. The molecule has 0 heterocycles. The van der Waals surface area contributed by atoms with Gasteiger partial charge >= 0.3 is 0 Å². The highest BCUT2D eigenvalue weighted by Crippen LogP contribution is 2.18. The van der Waals surface area contributed by atoms with Crippen LogP contribution in [0.4, 0.5) is 0 Å². The molecule has 0 bridgehead atoms. The zero-order chi connectivity index (χ0) is 19.3. The third-order valence-corrected chi connectivity index (χ3v) is 5.74. The lowest BCUT2D eigenvalue weighted by Gasteiger charge is -2.24. The van der Waals surface area contributed by atoms with E-state index in [4.69, 9.17) is 11.5 Å². The van der Waals surface area contributed by atoms with Gasteiger partial charge in [0.1, 0.15) is 0 Å². The molecule has 0 aromatic rings. The van der Waals surface area contributed by atoms with Gasteiger partial charge in [-0.2, -0.15) is 0 Å². The van der Waals surface area contributed by atoms with Crippen molar-refractivity contribution in [3.05, 3.63) is 0 Å². The molecule has 0 aliphatic rings. The normalized spacial score (nSPS) is 12.0. The zero-order valence-electron chi connectivity index (χ0n) is 18.5. The second kappa shape index (κ2) is 19.7. The van der Waals surface area contributed by atoms with Crippen molar-refractivity contribution < 1.29 is 0 Å². The molecule has 0 spiro atoms. The third-order valence-electron chi connectivity index (χ3n) is 5.74. The average Bonchev–Trinajstić information content (AvgIpc) is 2.62. The number of unbranched alkanes of at least 4 members (excludes halogenated alkanes) is 17. The molecule has 0 fully saturated rings. The summed E-state index contributed by atoms with van der Waals surface area (Å²) in [4.78, 5) is 0. The van der Waals surface area contributed by atoms with Crippen LogP contribution < -0.4 is 11.5 Å². The van der Waals surface area contributed by atoms with Gasteiger partial charge in [-0.1, -0.05) is 136 Å². The molecule has 0 amide bonds. The van der Waals surface area contributed by atoms with E-state index in [1.807, 2.05) is 0 Å². The first-order chi connectivity index (χ1) is 12.6. The van der Waals surface area contributed by atoms with E-state index in [0.29, 0.717) is 0 Å². The first-order valence-electron chi connectivity index (χ1n) is 12.2. The molecule has 0 aromatic heterocycles. The molecule has 2 nitrogen and oxygen atoms in total. The summed E-state index contributed by atoms with van der Waals surface area (Å²) in [6.45, 7) is 4.56. The summed E-state index contributed by atoms with van der Waals surface area (Å²) in [5, 5.41) is 0. The molecule has 0 saturated carbocycles. The summed E-state index contributed by atoms with van der Waals surface area (Å²) in [6.07, 6.45) is 28.0. The van der Waals surface area contributed by atoms with E-state index >= 15 is 0 Å². The van der Waals surface area contributed by atoms with Crippen molar-refractivity contribution >= 4 is 0 Å². The second-order valence-electron chi connectivity index (χ2n) is 8.74. The minimum atomic E-state index is -0.415. The summed E-state index contributed by atoms with van der Waals surface area (Å²) in [6, 6.07) is 0. The van der Waals surface area contributed by atoms with Crippen LogP contribution in [0.25, 0.3) is 0 Å². The highest BCUT2D eigenvalue weighted by Gasteiger charge is 2.17. The summed E-state index contributed by atoms with van der Waals surface area (Å²) in [7, 11) is 0. The average molecular weight is 369 g/mol. The Morgan fingerprint density at radius 1 is 0.385 bits per heavy atom. The second-order valence-corrected chi connectivity index (χ2v) is 8.74. The van der Waals surface area contributed by atoms with Gasteiger partial charge in [0.15, 0.2) is 0 Å². The SMILES string of the molecule is CCCCCCCCCCCCC(N)(N)CCCCCCCCCCC. The lowest BCUT2D eigenvalue weighted by atomic mass is 9.95. The van der Waals surface area contributed by atoms with Crippen LogP contribution in [0.15, 0.2) is 0 Å². The van der Waals surface area contributed by atoms with Crippen molar-refractivity contribution in [2.45, 2.75) is 154 Å². The van der Waals surface area contributed by atoms with Gasteiger partial charge < -0.3 is 11.5 Å². The third kappa shape index (κ3) is 20.2. The fraction of sp³-hybridized carbons (Fsp3) is 1.00. The Kier molecular flexibility index (Phi) is 19.6. The molecule has 0 unspecified atom stereocenters. The van der Waals surface area contributed by atoms with Crippen LogP contribution in [0.5, 0.6) is 0 Å². The van der Waals surface area contributed by atoms with Gasteiger partial charge in [-0.05, 0) is 12.8 Å². The lowest BCUT2D eigenvalue weighted by Crippen LogP contribution is -2.49. The zero-order valence-corrected chi connectivity index (χ0v) is 18.5. The van der Waals surface area contributed by atoms with E-state index in [2.05, 4.69) is 13.8 Å². The van der Waals surface area contributed by atoms with E-state index in [9.17, 15) is 0 Å². The Balaban J connectivity index is 3.31. The summed E-state index contributed by atoms with van der Waals surface area (Å²) in [5.41, 5.74) is 12.2. The predicted molar refractivity (Wildman–Crippen MR) is 119 cm³/mol. The molecule has 158 valence electrons. The molecule has 0 aliphatic heterocycles. The summed E-state index contributed by atoms with van der Waals surface area (Å²) in [5.74, 6) is 0. The van der Waals surface area contributed by atoms with Crippen LogP contribution in [0, 0.1) is 0 Å². The summed E-state index contributed by atoms with van der Waals surface area (Å²) >= 11 is 0. The number of nitrogens with two attached hydrogens (primary N) is 2. The maximum Gasteiger partial charge on any atom is 0.0636 e. The van der Waals surface area contributed by atoms with E-state index in [0.717, 1.165) is 12.8 Å². The van der Waals surface area contributed by atoms with Crippen molar-refractivity contribution in [1.82, 2.24) is 0 Å². The highest BCUT2D eigenvalue weighted by atomic mass is 14.9. The van der Waals surface area contributed by atoms with Gasteiger partial charge in [0.25, 0.3) is 0 Å². The topological polar surface area (TPSA) is 52.0 Å². The molecule has 4 N–H and O–H groups in total. The molecule has 26 heavy (non-hydrogen) atoms. The van der Waals surface area contributed by atoms with Gasteiger partial charge in [-0.3, -0.25) is 0 Å². The Labute approximate surface area is 166 Å². The molecular formula is C24H52N2. The molecule has 0 radical (unpaired) electrons. The highest BCUT2D eigenvalue weighted by molar-refractivity contribution is 4.76. The van der Waals surface area contributed by atoms with Gasteiger partial charge in [-0.15, -0.1) is 0 Å². The smallest absolute Gasteiger partial charge is 0.0636 e. The fourth-order valence-electron chi connectivity index (χ4n) is 3.83. The lowest BCUT2D eigenvalue weighted by molar-refractivity contribution is 0.345. The largest absolute Gasteiger partial charge is 0.313 e. The van der Waals surface area contributed by atoms with Crippen molar-refractivity contribution in [3.63, 3.8) is 0 Å². The van der Waals surface area contributed by atoms with Crippen LogP contribution in [-0.4, -0.2) is 5.66 Å².